The van der Waals surface area contributed by atoms with E-state index in [-0.39, 0.29) is 24.3 Å². The second-order valence-electron chi connectivity index (χ2n) is 6.71. The van der Waals surface area contributed by atoms with E-state index in [1.165, 1.54) is 12.5 Å². The molecule has 8 N–H and O–H groups in total. The standard InChI is InChI=1S/C17H26N6O7S2/c18-9(5-31)14(26)22-11(3-8-4-19-7-20-8)15(27)23-12(6-32)16(28)21-10(17(29)30)1-2-13(24)25/h4,7,9-12,31-32H,1-3,5-6,18H2,(H,19,20)(H,21,28)(H,22,26)(H,23,27)(H,24,25)(H,29,30). The molecule has 0 radical (unpaired) electrons. The van der Waals surface area contributed by atoms with E-state index in [0.29, 0.717) is 5.69 Å². The van der Waals surface area contributed by atoms with Crippen molar-refractivity contribution in [1.82, 2.24) is 25.9 Å². The van der Waals surface area contributed by atoms with Crippen LogP contribution in [0, 0.1) is 0 Å². The molecule has 0 aromatic carbocycles. The zero-order valence-electron chi connectivity index (χ0n) is 16.9. The van der Waals surface area contributed by atoms with Crippen molar-refractivity contribution >= 4 is 54.9 Å². The van der Waals surface area contributed by atoms with E-state index in [4.69, 9.17) is 10.8 Å². The van der Waals surface area contributed by atoms with Crippen molar-refractivity contribution in [3.8, 4) is 0 Å². The Labute approximate surface area is 194 Å². The molecular formula is C17H26N6O7S2. The Balaban J connectivity index is 2.88. The number of nitrogens with zero attached hydrogens (tertiary/aromatic N) is 1. The lowest BCUT2D eigenvalue weighted by Gasteiger charge is -2.24. The molecule has 0 saturated heterocycles. The minimum atomic E-state index is -1.47. The first-order valence-corrected chi connectivity index (χ1v) is 10.7. The first-order chi connectivity index (χ1) is 15.1. The number of carboxylic acid groups (broad SMARTS) is 2. The van der Waals surface area contributed by atoms with Gasteiger partial charge in [0.25, 0.3) is 0 Å². The highest BCUT2D eigenvalue weighted by molar-refractivity contribution is 7.80. The summed E-state index contributed by atoms with van der Waals surface area (Å²) in [4.78, 5) is 66.0. The van der Waals surface area contributed by atoms with Gasteiger partial charge in [-0.25, -0.2) is 9.78 Å². The average Bonchev–Trinajstić information content (AvgIpc) is 3.26. The van der Waals surface area contributed by atoms with Gasteiger partial charge in [-0.05, 0) is 6.42 Å². The van der Waals surface area contributed by atoms with Crippen molar-refractivity contribution in [3.63, 3.8) is 0 Å². The summed E-state index contributed by atoms with van der Waals surface area (Å²) in [5, 5.41) is 25.0. The fourth-order valence-electron chi connectivity index (χ4n) is 2.45. The molecule has 1 aromatic rings. The van der Waals surface area contributed by atoms with Crippen molar-refractivity contribution in [2.45, 2.75) is 43.4 Å². The highest BCUT2D eigenvalue weighted by atomic mass is 32.1. The van der Waals surface area contributed by atoms with Gasteiger partial charge in [-0.2, -0.15) is 25.3 Å². The topological polar surface area (TPSA) is 217 Å². The SMILES string of the molecule is NC(CS)C(=O)NC(Cc1cnc[nH]1)C(=O)NC(CS)C(=O)NC(CCC(=O)O)C(=O)O. The second-order valence-corrected chi connectivity index (χ2v) is 7.44. The Morgan fingerprint density at radius 2 is 1.56 bits per heavy atom. The van der Waals surface area contributed by atoms with Crippen LogP contribution >= 0.6 is 25.3 Å². The van der Waals surface area contributed by atoms with E-state index in [1.807, 2.05) is 0 Å². The number of thiol groups is 2. The van der Waals surface area contributed by atoms with Crippen LogP contribution in [0.4, 0.5) is 0 Å². The summed E-state index contributed by atoms with van der Waals surface area (Å²) in [7, 11) is 0. The summed E-state index contributed by atoms with van der Waals surface area (Å²) < 4.78 is 0. The molecule has 0 saturated carbocycles. The van der Waals surface area contributed by atoms with Gasteiger partial charge in [-0.1, -0.05) is 0 Å². The third-order valence-electron chi connectivity index (χ3n) is 4.22. The van der Waals surface area contributed by atoms with Gasteiger partial charge in [0.05, 0.1) is 12.4 Å². The molecule has 4 atom stereocenters. The Hall–Kier alpha value is -2.78. The molecule has 0 aliphatic rings. The lowest BCUT2D eigenvalue weighted by atomic mass is 10.1. The Morgan fingerprint density at radius 3 is 2.06 bits per heavy atom. The molecule has 0 fully saturated rings. The number of imidazole rings is 1. The van der Waals surface area contributed by atoms with Crippen molar-refractivity contribution in [2.24, 2.45) is 5.73 Å². The van der Waals surface area contributed by atoms with Gasteiger partial charge in [-0.3, -0.25) is 19.2 Å². The number of carbonyl (C=O) groups is 5. The van der Waals surface area contributed by atoms with Crippen molar-refractivity contribution in [3.05, 3.63) is 18.2 Å². The van der Waals surface area contributed by atoms with Crippen LogP contribution in [0.25, 0.3) is 0 Å². The molecular weight excluding hydrogens is 464 g/mol. The summed E-state index contributed by atoms with van der Waals surface area (Å²) in [6.45, 7) is 0. The van der Waals surface area contributed by atoms with Crippen molar-refractivity contribution < 1.29 is 34.2 Å². The van der Waals surface area contributed by atoms with Crippen LogP contribution < -0.4 is 21.7 Å². The van der Waals surface area contributed by atoms with E-state index in [0.717, 1.165) is 0 Å². The molecule has 1 aromatic heterocycles. The maximum absolute atomic E-state index is 12.8. The molecule has 13 nitrogen and oxygen atoms in total. The number of hydrogen-bond acceptors (Lipinski definition) is 9. The fraction of sp³-hybridized carbons (Fsp3) is 0.529. The molecule has 178 valence electrons. The van der Waals surface area contributed by atoms with Crippen LogP contribution in [0.5, 0.6) is 0 Å². The summed E-state index contributed by atoms with van der Waals surface area (Å²) in [5.74, 6) is -5.04. The van der Waals surface area contributed by atoms with Crippen molar-refractivity contribution in [2.75, 3.05) is 11.5 Å². The Morgan fingerprint density at radius 1 is 0.969 bits per heavy atom. The van der Waals surface area contributed by atoms with E-state index in [2.05, 4.69) is 51.2 Å². The summed E-state index contributed by atoms with van der Waals surface area (Å²) >= 11 is 7.96. The molecule has 15 heteroatoms. The smallest absolute Gasteiger partial charge is 0.326 e. The molecule has 32 heavy (non-hydrogen) atoms. The normalized spacial score (nSPS) is 14.5. The number of aromatic nitrogens is 2. The van der Waals surface area contributed by atoms with Crippen LogP contribution in [-0.4, -0.2) is 85.5 Å². The van der Waals surface area contributed by atoms with Crippen LogP contribution in [0.3, 0.4) is 0 Å². The highest BCUT2D eigenvalue weighted by Crippen LogP contribution is 2.03. The number of nitrogens with one attached hydrogen (secondary N) is 4. The zero-order chi connectivity index (χ0) is 24.3. The maximum atomic E-state index is 12.8. The molecule has 0 bridgehead atoms. The van der Waals surface area contributed by atoms with Crippen LogP contribution in [0.15, 0.2) is 12.5 Å². The first kappa shape index (κ1) is 27.3. The number of aliphatic carboxylic acids is 2. The largest absolute Gasteiger partial charge is 0.481 e. The van der Waals surface area contributed by atoms with E-state index in [1.54, 1.807) is 0 Å². The van der Waals surface area contributed by atoms with Gasteiger partial charge >= 0.3 is 11.9 Å². The molecule has 4 unspecified atom stereocenters. The monoisotopic (exact) mass is 490 g/mol. The average molecular weight is 491 g/mol. The predicted molar refractivity (Wildman–Crippen MR) is 118 cm³/mol. The Kier molecular flexibility index (Phi) is 11.6. The lowest BCUT2D eigenvalue weighted by molar-refractivity contribution is -0.143. The van der Waals surface area contributed by atoms with Gasteiger partial charge in [0.15, 0.2) is 0 Å². The lowest BCUT2D eigenvalue weighted by Crippen LogP contribution is -2.58. The predicted octanol–water partition coefficient (Wildman–Crippen LogP) is -2.46. The van der Waals surface area contributed by atoms with Gasteiger partial charge in [0.2, 0.25) is 17.7 Å². The van der Waals surface area contributed by atoms with Crippen LogP contribution in [0.2, 0.25) is 0 Å². The number of amides is 3. The Bertz CT molecular complexity index is 807. The number of aromatic amines is 1. The zero-order valence-corrected chi connectivity index (χ0v) is 18.6. The first-order valence-electron chi connectivity index (χ1n) is 9.39. The summed E-state index contributed by atoms with van der Waals surface area (Å²) in [5.41, 5.74) is 6.16. The van der Waals surface area contributed by atoms with Gasteiger partial charge in [0, 0.05) is 36.2 Å². The third kappa shape index (κ3) is 9.15. The number of rotatable bonds is 14. The molecule has 0 aliphatic heterocycles. The fourth-order valence-corrected chi connectivity index (χ4v) is 2.87. The number of nitrogens with two attached hydrogens (primary N) is 1. The minimum absolute atomic E-state index is 0.00807. The summed E-state index contributed by atoms with van der Waals surface area (Å²) in [6.07, 6.45) is 2.03. The number of hydrogen-bond donors (Lipinski definition) is 9. The van der Waals surface area contributed by atoms with Crippen LogP contribution in [-0.2, 0) is 30.4 Å². The molecule has 1 rings (SSSR count). The molecule has 3 amide bonds. The van der Waals surface area contributed by atoms with E-state index >= 15 is 0 Å². The highest BCUT2D eigenvalue weighted by Gasteiger charge is 2.30. The van der Waals surface area contributed by atoms with Gasteiger partial charge in [0.1, 0.15) is 18.1 Å². The molecule has 1 heterocycles. The number of carboxylic acids is 2. The number of H-pyrrole nitrogens is 1. The van der Waals surface area contributed by atoms with Gasteiger partial charge < -0.3 is 36.9 Å². The molecule has 0 aliphatic carbocycles. The quantitative estimate of drug-likeness (QED) is 0.126. The maximum Gasteiger partial charge on any atom is 0.326 e. The minimum Gasteiger partial charge on any atom is -0.481 e. The van der Waals surface area contributed by atoms with E-state index in [9.17, 15) is 29.1 Å². The van der Waals surface area contributed by atoms with Crippen molar-refractivity contribution in [1.29, 1.82) is 0 Å². The third-order valence-corrected chi connectivity index (χ3v) is 4.98. The second kappa shape index (κ2) is 13.6. The van der Waals surface area contributed by atoms with E-state index < -0.39 is 60.2 Å². The van der Waals surface area contributed by atoms with Crippen LogP contribution in [0.1, 0.15) is 18.5 Å². The number of carbonyl (C=O) groups excluding carboxylic acids is 3. The van der Waals surface area contributed by atoms with Gasteiger partial charge in [-0.15, -0.1) is 0 Å². The summed E-state index contributed by atoms with van der Waals surface area (Å²) in [6, 6.07) is -4.82. The molecule has 0 spiro atoms.